The van der Waals surface area contributed by atoms with Crippen molar-refractivity contribution >= 4 is 9.84 Å². The predicted octanol–water partition coefficient (Wildman–Crippen LogP) is 1.30. The Morgan fingerprint density at radius 1 is 1.38 bits per heavy atom. The third kappa shape index (κ3) is 3.98. The van der Waals surface area contributed by atoms with Gasteiger partial charge in [-0.05, 0) is 24.1 Å². The molecule has 1 aromatic carbocycles. The minimum Gasteiger partial charge on any atom is -0.265 e. The number of sulfone groups is 1. The Labute approximate surface area is 94.2 Å². The van der Waals surface area contributed by atoms with E-state index in [-0.39, 0.29) is 16.4 Å². The fourth-order valence-corrected chi connectivity index (χ4v) is 2.04. The summed E-state index contributed by atoms with van der Waals surface area (Å²) in [5, 5.41) is 10.1. The molecule has 0 aliphatic rings. The normalized spacial score (nSPS) is 11.3. The Balaban J connectivity index is 2.72. The molecule has 16 heavy (non-hydrogen) atoms. The van der Waals surface area contributed by atoms with Gasteiger partial charge in [0.2, 0.25) is 6.54 Å². The molecule has 0 unspecified atom stereocenters. The van der Waals surface area contributed by atoms with Crippen LogP contribution in [0.5, 0.6) is 0 Å². The quantitative estimate of drug-likeness (QED) is 0.577. The van der Waals surface area contributed by atoms with E-state index in [1.807, 2.05) is 0 Å². The first-order valence-corrected chi connectivity index (χ1v) is 6.69. The van der Waals surface area contributed by atoms with Gasteiger partial charge in [-0.1, -0.05) is 12.1 Å². The van der Waals surface area contributed by atoms with Gasteiger partial charge in [0.05, 0.1) is 4.90 Å². The SMILES string of the molecule is CS(=O)(=O)c1cccc(CCC[N+](=O)[O-])c1. The summed E-state index contributed by atoms with van der Waals surface area (Å²) < 4.78 is 22.5. The summed E-state index contributed by atoms with van der Waals surface area (Å²) in [5.74, 6) is 0. The number of aryl methyl sites for hydroxylation is 1. The molecule has 6 heteroatoms. The second kappa shape index (κ2) is 5.07. The van der Waals surface area contributed by atoms with Crippen molar-refractivity contribution in [1.82, 2.24) is 0 Å². The molecule has 0 saturated carbocycles. The van der Waals surface area contributed by atoms with Crippen LogP contribution in [0.15, 0.2) is 29.2 Å². The van der Waals surface area contributed by atoms with Crippen LogP contribution in [0.2, 0.25) is 0 Å². The van der Waals surface area contributed by atoms with E-state index >= 15 is 0 Å². The van der Waals surface area contributed by atoms with Crippen LogP contribution in [0, 0.1) is 10.1 Å². The molecule has 0 amide bonds. The maximum absolute atomic E-state index is 11.3. The van der Waals surface area contributed by atoms with Crippen LogP contribution in [0.25, 0.3) is 0 Å². The maximum atomic E-state index is 11.3. The van der Waals surface area contributed by atoms with E-state index in [2.05, 4.69) is 0 Å². The van der Waals surface area contributed by atoms with Gasteiger partial charge in [-0.3, -0.25) is 10.1 Å². The van der Waals surface area contributed by atoms with E-state index in [1.54, 1.807) is 18.2 Å². The number of nitro groups is 1. The molecule has 0 fully saturated rings. The van der Waals surface area contributed by atoms with Crippen LogP contribution in [0.4, 0.5) is 0 Å². The molecule has 0 spiro atoms. The lowest BCUT2D eigenvalue weighted by atomic mass is 10.1. The van der Waals surface area contributed by atoms with Crippen molar-refractivity contribution < 1.29 is 13.3 Å². The Morgan fingerprint density at radius 2 is 2.06 bits per heavy atom. The molecule has 0 aliphatic heterocycles. The second-order valence-corrected chi connectivity index (χ2v) is 5.60. The van der Waals surface area contributed by atoms with Crippen molar-refractivity contribution in [2.24, 2.45) is 0 Å². The highest BCUT2D eigenvalue weighted by Crippen LogP contribution is 2.12. The Kier molecular flexibility index (Phi) is 4.00. The lowest BCUT2D eigenvalue weighted by molar-refractivity contribution is -0.480. The zero-order valence-corrected chi connectivity index (χ0v) is 9.74. The van der Waals surface area contributed by atoms with Crippen LogP contribution in [0.1, 0.15) is 12.0 Å². The van der Waals surface area contributed by atoms with Gasteiger partial charge in [-0.25, -0.2) is 8.42 Å². The lowest BCUT2D eigenvalue weighted by Crippen LogP contribution is -2.03. The van der Waals surface area contributed by atoms with Gasteiger partial charge in [-0.15, -0.1) is 0 Å². The summed E-state index contributed by atoms with van der Waals surface area (Å²) in [5.41, 5.74) is 0.810. The second-order valence-electron chi connectivity index (χ2n) is 3.58. The highest BCUT2D eigenvalue weighted by Gasteiger charge is 2.07. The Bertz CT molecular complexity index is 481. The molecule has 1 rings (SSSR count). The van der Waals surface area contributed by atoms with Crippen LogP contribution in [0.3, 0.4) is 0 Å². The van der Waals surface area contributed by atoms with Crippen molar-refractivity contribution in [3.63, 3.8) is 0 Å². The zero-order valence-electron chi connectivity index (χ0n) is 8.92. The first kappa shape index (κ1) is 12.6. The molecular formula is C10H13NO4S. The van der Waals surface area contributed by atoms with Gasteiger partial charge in [0, 0.05) is 17.6 Å². The average Bonchev–Trinajstić information content (AvgIpc) is 2.16. The van der Waals surface area contributed by atoms with Gasteiger partial charge >= 0.3 is 0 Å². The smallest absolute Gasteiger partial charge is 0.204 e. The molecule has 0 saturated heterocycles. The first-order chi connectivity index (χ1) is 7.39. The third-order valence-electron chi connectivity index (χ3n) is 2.13. The first-order valence-electron chi connectivity index (χ1n) is 4.80. The van der Waals surface area contributed by atoms with Crippen molar-refractivity contribution in [1.29, 1.82) is 0 Å². The van der Waals surface area contributed by atoms with E-state index in [4.69, 9.17) is 0 Å². The molecule has 88 valence electrons. The summed E-state index contributed by atoms with van der Waals surface area (Å²) in [7, 11) is -3.20. The highest BCUT2D eigenvalue weighted by molar-refractivity contribution is 7.90. The van der Waals surface area contributed by atoms with Crippen molar-refractivity contribution in [3.05, 3.63) is 39.9 Å². The molecule has 5 nitrogen and oxygen atoms in total. The van der Waals surface area contributed by atoms with Crippen molar-refractivity contribution in [3.8, 4) is 0 Å². The molecular weight excluding hydrogens is 230 g/mol. The van der Waals surface area contributed by atoms with Gasteiger partial charge in [0.25, 0.3) is 0 Å². The summed E-state index contributed by atoms with van der Waals surface area (Å²) in [6.07, 6.45) is 2.08. The van der Waals surface area contributed by atoms with Gasteiger partial charge in [-0.2, -0.15) is 0 Å². The minimum absolute atomic E-state index is 0.0941. The summed E-state index contributed by atoms with van der Waals surface area (Å²) >= 11 is 0. The third-order valence-corrected chi connectivity index (χ3v) is 3.24. The molecule has 0 aliphatic carbocycles. The van der Waals surface area contributed by atoms with Gasteiger partial charge in [0.1, 0.15) is 0 Å². The number of hydrogen-bond acceptors (Lipinski definition) is 4. The van der Waals surface area contributed by atoms with Gasteiger partial charge in [0.15, 0.2) is 9.84 Å². The van der Waals surface area contributed by atoms with Crippen molar-refractivity contribution in [2.75, 3.05) is 12.8 Å². The maximum Gasteiger partial charge on any atom is 0.204 e. The number of rotatable bonds is 5. The van der Waals surface area contributed by atoms with E-state index in [0.717, 1.165) is 11.8 Å². The molecule has 0 N–H and O–H groups in total. The van der Waals surface area contributed by atoms with Crippen molar-refractivity contribution in [2.45, 2.75) is 17.7 Å². The standard InChI is InChI=1S/C10H13NO4S/c1-16(14,15)10-6-2-4-9(8-10)5-3-7-11(12)13/h2,4,6,8H,3,5,7H2,1H3. The van der Waals surface area contributed by atoms with E-state index in [0.29, 0.717) is 12.8 Å². The molecule has 0 bridgehead atoms. The fourth-order valence-electron chi connectivity index (χ4n) is 1.34. The zero-order chi connectivity index (χ0) is 12.2. The van der Waals surface area contributed by atoms with E-state index in [1.165, 1.54) is 6.07 Å². The molecule has 0 radical (unpaired) electrons. The number of benzene rings is 1. The number of nitrogens with zero attached hydrogens (tertiary/aromatic N) is 1. The summed E-state index contributed by atoms with van der Waals surface area (Å²) in [6, 6.07) is 6.51. The summed E-state index contributed by atoms with van der Waals surface area (Å²) in [4.78, 5) is 10.0. The Hall–Kier alpha value is -1.43. The predicted molar refractivity (Wildman–Crippen MR) is 59.7 cm³/mol. The topological polar surface area (TPSA) is 77.3 Å². The minimum atomic E-state index is -3.20. The number of hydrogen-bond donors (Lipinski definition) is 0. The molecule has 0 aromatic heterocycles. The molecule has 0 atom stereocenters. The molecule has 0 heterocycles. The molecule has 1 aromatic rings. The van der Waals surface area contributed by atoms with Crippen LogP contribution in [-0.2, 0) is 16.3 Å². The highest BCUT2D eigenvalue weighted by atomic mass is 32.2. The average molecular weight is 243 g/mol. The van der Waals surface area contributed by atoms with Crippen LogP contribution in [-0.4, -0.2) is 26.1 Å². The lowest BCUT2D eigenvalue weighted by Gasteiger charge is -2.02. The van der Waals surface area contributed by atoms with E-state index < -0.39 is 9.84 Å². The van der Waals surface area contributed by atoms with Gasteiger partial charge < -0.3 is 0 Å². The van der Waals surface area contributed by atoms with Crippen LogP contribution < -0.4 is 0 Å². The Morgan fingerprint density at radius 3 is 2.62 bits per heavy atom. The fraction of sp³-hybridized carbons (Fsp3) is 0.400. The largest absolute Gasteiger partial charge is 0.265 e. The van der Waals surface area contributed by atoms with Crippen LogP contribution >= 0.6 is 0 Å². The summed E-state index contributed by atoms with van der Waals surface area (Å²) in [6.45, 7) is -0.0941. The van der Waals surface area contributed by atoms with E-state index in [9.17, 15) is 18.5 Å². The monoisotopic (exact) mass is 243 g/mol.